The highest BCUT2D eigenvalue weighted by molar-refractivity contribution is 5.95. The summed E-state index contributed by atoms with van der Waals surface area (Å²) in [4.78, 5) is 64.1. The van der Waals surface area contributed by atoms with Crippen LogP contribution in [0.2, 0.25) is 0 Å². The fourth-order valence-electron chi connectivity index (χ4n) is 11.6. The number of ether oxygens (including phenoxy) is 4. The van der Waals surface area contributed by atoms with E-state index in [0.29, 0.717) is 19.3 Å². The van der Waals surface area contributed by atoms with Gasteiger partial charge in [-0.3, -0.25) is 19.2 Å². The van der Waals surface area contributed by atoms with Crippen molar-refractivity contribution in [2.45, 2.75) is 151 Å². The van der Waals surface area contributed by atoms with Crippen LogP contribution in [0.25, 0.3) is 0 Å². The largest absolute Gasteiger partial charge is 0.463 e. The molecule has 5 fully saturated rings. The Kier molecular flexibility index (Phi) is 11.4. The van der Waals surface area contributed by atoms with Gasteiger partial charge < -0.3 is 24.1 Å². The number of carbonyl (C=O) groups is 5. The molecule has 0 aromatic heterocycles. The summed E-state index contributed by atoms with van der Waals surface area (Å²) < 4.78 is 23.3. The lowest BCUT2D eigenvalue weighted by atomic mass is 9.43. The molecule has 282 valence electrons. The van der Waals surface area contributed by atoms with E-state index < -0.39 is 24.0 Å². The molecule has 5 rings (SSSR count). The summed E-state index contributed by atoms with van der Waals surface area (Å²) in [6, 6.07) is -0.343. The van der Waals surface area contributed by atoms with Crippen molar-refractivity contribution in [2.24, 2.45) is 58.2 Å². The minimum Gasteiger partial charge on any atom is -0.463 e. The highest BCUT2D eigenvalue weighted by atomic mass is 16.6. The van der Waals surface area contributed by atoms with Crippen molar-refractivity contribution < 1.29 is 48.0 Å². The number of carbonyl (C=O) groups excluding carboxylic acids is 5. The van der Waals surface area contributed by atoms with Gasteiger partial charge in [-0.25, -0.2) is 9.69 Å². The molecule has 0 aromatic carbocycles. The predicted octanol–water partition coefficient (Wildman–Crippen LogP) is 6.08. The molecule has 0 unspecified atom stereocenters. The Hall–Kier alpha value is -2.69. The van der Waals surface area contributed by atoms with Gasteiger partial charge in [-0.1, -0.05) is 41.5 Å². The minimum atomic E-state index is -0.929. The van der Waals surface area contributed by atoms with E-state index in [9.17, 15) is 29.1 Å². The van der Waals surface area contributed by atoms with E-state index >= 15 is 0 Å². The Morgan fingerprint density at radius 2 is 1.54 bits per heavy atom. The highest BCUT2D eigenvalue weighted by Gasteiger charge is 2.67. The van der Waals surface area contributed by atoms with Gasteiger partial charge in [0.15, 0.2) is 0 Å². The van der Waals surface area contributed by atoms with Crippen molar-refractivity contribution in [3.63, 3.8) is 0 Å². The topological polar surface area (TPSA) is 146 Å². The molecule has 0 radical (unpaired) electrons. The number of fused-ring (bicyclic) bond motifs is 5. The third-order valence-electron chi connectivity index (χ3n) is 14.2. The van der Waals surface area contributed by atoms with Crippen molar-refractivity contribution in [2.75, 3.05) is 6.61 Å². The number of aliphatic hydroxyl groups excluding tert-OH is 1. The first-order valence-electron chi connectivity index (χ1n) is 19.1. The summed E-state index contributed by atoms with van der Waals surface area (Å²) in [6.45, 7) is 16.9. The van der Waals surface area contributed by atoms with Gasteiger partial charge in [-0.2, -0.15) is 0 Å². The maximum Gasteiger partial charge on any atom is 0.416 e. The lowest BCUT2D eigenvalue weighted by Gasteiger charge is -2.64. The van der Waals surface area contributed by atoms with Gasteiger partial charge in [0.05, 0.1) is 18.1 Å². The fourth-order valence-corrected chi connectivity index (χ4v) is 11.6. The standard InChI is InChI=1S/C39H61NO10/c1-20(2)31-19-47-37(46)40(31)36(45)22(4)32(44)13-10-21(3)28-11-12-29-35-30(18-34(39(28,29)9)50-25(7)43)38(8)15-14-27(48-23(5)41)16-26(38)17-33(35)49-24(6)42/h20-22,26-35,44H,10-19H2,1-9H3/t21-,22+,26+,27-,28-,29+,30+,31-,32-,33-,34+,35+,38+,39-/m1/s1. The molecule has 5 aliphatic rings. The molecule has 1 heterocycles. The number of hydrogen-bond acceptors (Lipinski definition) is 10. The molecule has 11 heteroatoms. The number of nitrogens with zero attached hydrogens (tertiary/aromatic N) is 1. The number of amides is 2. The van der Waals surface area contributed by atoms with E-state index in [4.69, 9.17) is 18.9 Å². The molecule has 2 amide bonds. The first kappa shape index (κ1) is 38.5. The van der Waals surface area contributed by atoms with Crippen LogP contribution in [-0.4, -0.2) is 77.0 Å². The molecule has 0 spiro atoms. The number of hydrogen-bond donors (Lipinski definition) is 1. The molecular formula is C39H61NO10. The van der Waals surface area contributed by atoms with Crippen LogP contribution in [0.1, 0.15) is 120 Å². The summed E-state index contributed by atoms with van der Waals surface area (Å²) in [6.07, 6.45) is 4.39. The molecular weight excluding hydrogens is 642 g/mol. The van der Waals surface area contributed by atoms with Gasteiger partial charge in [0, 0.05) is 32.1 Å². The zero-order valence-electron chi connectivity index (χ0n) is 31.6. The third kappa shape index (κ3) is 7.05. The van der Waals surface area contributed by atoms with Crippen LogP contribution in [-0.2, 0) is 38.1 Å². The lowest BCUT2D eigenvalue weighted by molar-refractivity contribution is -0.224. The number of imide groups is 1. The fraction of sp³-hybridized carbons (Fsp3) is 0.872. The molecule has 14 atom stereocenters. The van der Waals surface area contributed by atoms with Crippen LogP contribution < -0.4 is 0 Å². The quantitative estimate of drug-likeness (QED) is 0.210. The Morgan fingerprint density at radius 3 is 2.16 bits per heavy atom. The summed E-state index contributed by atoms with van der Waals surface area (Å²) in [5.74, 6) is -1.04. The maximum atomic E-state index is 13.4. The van der Waals surface area contributed by atoms with E-state index in [0.717, 1.165) is 38.5 Å². The Balaban J connectivity index is 1.36. The number of cyclic esters (lactones) is 1. The molecule has 11 nitrogen and oxygen atoms in total. The van der Waals surface area contributed by atoms with E-state index in [1.54, 1.807) is 6.92 Å². The van der Waals surface area contributed by atoms with Gasteiger partial charge >= 0.3 is 24.0 Å². The van der Waals surface area contributed by atoms with Crippen molar-refractivity contribution >= 4 is 29.9 Å². The number of esters is 3. The van der Waals surface area contributed by atoms with Crippen LogP contribution in [0.3, 0.4) is 0 Å². The van der Waals surface area contributed by atoms with Crippen LogP contribution >= 0.6 is 0 Å². The monoisotopic (exact) mass is 703 g/mol. The van der Waals surface area contributed by atoms with Crippen molar-refractivity contribution in [3.8, 4) is 0 Å². The molecule has 0 bridgehead atoms. The van der Waals surface area contributed by atoms with Crippen LogP contribution in [0.5, 0.6) is 0 Å². The Labute approximate surface area is 297 Å². The SMILES string of the molecule is CC(=O)O[C@@H]1CC[C@@]2(C)[C@@H](C1)C[C@@H](OC(C)=O)[C@@H]1[C@@H]2C[C@H](OC(C)=O)[C@]2(C)[C@@H]([C@H](C)CC[C@@H](O)[C@H](C)C(=O)N3C(=O)OC[C@@H]3C(C)C)CC[C@@H]12. The lowest BCUT2D eigenvalue weighted by Crippen LogP contribution is -2.63. The molecule has 50 heavy (non-hydrogen) atoms. The van der Waals surface area contributed by atoms with E-state index in [2.05, 4.69) is 20.8 Å². The second-order valence-electron chi connectivity index (χ2n) is 17.3. The second-order valence-corrected chi connectivity index (χ2v) is 17.3. The maximum absolute atomic E-state index is 13.4. The van der Waals surface area contributed by atoms with E-state index in [-0.39, 0.29) is 101 Å². The second kappa shape index (κ2) is 14.7. The van der Waals surface area contributed by atoms with Gasteiger partial charge in [-0.05, 0) is 98.7 Å². The normalized spacial score (nSPS) is 39.7. The summed E-state index contributed by atoms with van der Waals surface area (Å²) in [7, 11) is 0. The highest BCUT2D eigenvalue weighted by Crippen LogP contribution is 2.69. The molecule has 4 aliphatic carbocycles. The van der Waals surface area contributed by atoms with Gasteiger partial charge in [0.25, 0.3) is 0 Å². The average Bonchev–Trinajstić information content (AvgIpc) is 3.59. The number of aliphatic hydroxyl groups is 1. The van der Waals surface area contributed by atoms with Crippen LogP contribution in [0.15, 0.2) is 0 Å². The van der Waals surface area contributed by atoms with E-state index in [1.807, 2.05) is 13.8 Å². The molecule has 1 saturated heterocycles. The Morgan fingerprint density at radius 1 is 0.880 bits per heavy atom. The van der Waals surface area contributed by atoms with Gasteiger partial charge in [0.2, 0.25) is 5.91 Å². The molecule has 4 saturated carbocycles. The van der Waals surface area contributed by atoms with Crippen molar-refractivity contribution in [3.05, 3.63) is 0 Å². The van der Waals surface area contributed by atoms with Crippen molar-refractivity contribution in [1.82, 2.24) is 4.90 Å². The zero-order valence-corrected chi connectivity index (χ0v) is 31.6. The average molecular weight is 704 g/mol. The molecule has 0 aromatic rings. The minimum absolute atomic E-state index is 0.0416. The molecule has 1 aliphatic heterocycles. The Bertz CT molecular complexity index is 1320. The predicted molar refractivity (Wildman–Crippen MR) is 183 cm³/mol. The smallest absolute Gasteiger partial charge is 0.416 e. The van der Waals surface area contributed by atoms with Gasteiger partial charge in [0.1, 0.15) is 24.9 Å². The van der Waals surface area contributed by atoms with Crippen molar-refractivity contribution in [1.29, 1.82) is 0 Å². The summed E-state index contributed by atoms with van der Waals surface area (Å²) in [5.41, 5.74) is -0.455. The first-order valence-corrected chi connectivity index (χ1v) is 19.1. The summed E-state index contributed by atoms with van der Waals surface area (Å²) in [5, 5.41) is 11.3. The molecule has 1 N–H and O–H groups in total. The summed E-state index contributed by atoms with van der Waals surface area (Å²) >= 11 is 0. The number of rotatable bonds is 10. The van der Waals surface area contributed by atoms with Crippen LogP contribution in [0.4, 0.5) is 4.79 Å². The first-order chi connectivity index (χ1) is 23.4. The van der Waals surface area contributed by atoms with E-state index in [1.165, 1.54) is 25.7 Å². The van der Waals surface area contributed by atoms with Crippen LogP contribution in [0, 0.1) is 58.2 Å². The third-order valence-corrected chi connectivity index (χ3v) is 14.2. The zero-order chi connectivity index (χ0) is 36.9. The van der Waals surface area contributed by atoms with Gasteiger partial charge in [-0.15, -0.1) is 0 Å².